The molecule has 2 aliphatic heterocycles. The second kappa shape index (κ2) is 14.0. The van der Waals surface area contributed by atoms with Gasteiger partial charge in [0, 0.05) is 29.8 Å². The van der Waals surface area contributed by atoms with Crippen LogP contribution in [-0.4, -0.2) is 74.0 Å². The van der Waals surface area contributed by atoms with Gasteiger partial charge in [-0.2, -0.15) is 0 Å². The molecule has 3 N–H and O–H groups in total. The van der Waals surface area contributed by atoms with Gasteiger partial charge in [0.25, 0.3) is 5.56 Å². The van der Waals surface area contributed by atoms with Crippen LogP contribution in [0, 0.1) is 0 Å². The lowest BCUT2D eigenvalue weighted by Crippen LogP contribution is -2.32. The Bertz CT molecular complexity index is 1070. The van der Waals surface area contributed by atoms with Crippen molar-refractivity contribution in [3.05, 3.63) is 38.4 Å². The average Bonchev–Trinajstić information content (AvgIpc) is 2.84. The highest BCUT2D eigenvalue weighted by Gasteiger charge is 2.25. The van der Waals surface area contributed by atoms with Crippen molar-refractivity contribution in [3.8, 4) is 5.75 Å². The molecule has 0 spiro atoms. The number of aromatic hydroxyl groups is 1. The highest BCUT2D eigenvalue weighted by molar-refractivity contribution is 5.96. The van der Waals surface area contributed by atoms with E-state index < -0.39 is 29.4 Å². The summed E-state index contributed by atoms with van der Waals surface area (Å²) in [6.45, 7) is 4.81. The minimum Gasteiger partial charge on any atom is -0.506 e. The van der Waals surface area contributed by atoms with E-state index in [1.807, 2.05) is 0 Å². The second-order valence-electron chi connectivity index (χ2n) is 7.44. The fraction of sp³-hybridized carbons (Fsp3) is 0.522. The number of methoxy groups -OCH3 is 1. The molecular weight excluding hydrogens is 480 g/mol. The molecule has 0 unspecified atom stereocenters. The fourth-order valence-corrected chi connectivity index (χ4v) is 3.37. The van der Waals surface area contributed by atoms with E-state index in [0.29, 0.717) is 43.0 Å². The van der Waals surface area contributed by atoms with Gasteiger partial charge in [-0.3, -0.25) is 14.4 Å². The molecule has 13 heteroatoms. The van der Waals surface area contributed by atoms with Gasteiger partial charge in [0.1, 0.15) is 12.2 Å². The van der Waals surface area contributed by atoms with Crippen molar-refractivity contribution in [3.63, 3.8) is 0 Å². The number of amides is 1. The van der Waals surface area contributed by atoms with E-state index in [1.165, 1.54) is 7.11 Å². The van der Waals surface area contributed by atoms with Crippen molar-refractivity contribution in [2.75, 3.05) is 40.1 Å². The van der Waals surface area contributed by atoms with Crippen LogP contribution in [0.3, 0.4) is 0 Å². The van der Waals surface area contributed by atoms with Crippen molar-refractivity contribution in [1.29, 1.82) is 0 Å². The molecule has 0 saturated carbocycles. The van der Waals surface area contributed by atoms with Gasteiger partial charge in [0.15, 0.2) is 5.56 Å². The van der Waals surface area contributed by atoms with Crippen molar-refractivity contribution in [1.82, 2.24) is 10.3 Å². The number of esters is 3. The van der Waals surface area contributed by atoms with Crippen LogP contribution in [0.2, 0.25) is 0 Å². The van der Waals surface area contributed by atoms with E-state index in [2.05, 4.69) is 19.8 Å². The number of ether oxygens (including phenoxy) is 5. The fourth-order valence-electron chi connectivity index (χ4n) is 3.37. The Morgan fingerprint density at radius 3 is 2.33 bits per heavy atom. The molecule has 198 valence electrons. The summed E-state index contributed by atoms with van der Waals surface area (Å²) in [6.07, 6.45) is 0.521. The highest BCUT2D eigenvalue weighted by Crippen LogP contribution is 2.26. The SMILES string of the molecule is CCOC(=O)CC(=O)NC1=C(C(=O)OC)COCC1.CCOC(=O)c1c(O)c2c([nH]c1=O)CCOC2. The minimum atomic E-state index is -0.820. The number of aromatic nitrogens is 1. The van der Waals surface area contributed by atoms with E-state index in [0.717, 1.165) is 0 Å². The zero-order valence-corrected chi connectivity index (χ0v) is 20.4. The number of aromatic amines is 1. The number of carbonyl (C=O) groups excluding carboxylic acids is 4. The van der Waals surface area contributed by atoms with Crippen molar-refractivity contribution < 1.29 is 48.0 Å². The molecule has 2 aliphatic rings. The molecule has 0 fully saturated rings. The van der Waals surface area contributed by atoms with Crippen molar-refractivity contribution in [2.45, 2.75) is 39.7 Å². The number of carbonyl (C=O) groups is 4. The molecule has 0 bridgehead atoms. The minimum absolute atomic E-state index is 0.0850. The Labute approximate surface area is 206 Å². The summed E-state index contributed by atoms with van der Waals surface area (Å²) in [5, 5.41) is 12.4. The van der Waals surface area contributed by atoms with Crippen LogP contribution in [0.1, 0.15) is 48.3 Å². The molecular formula is C23H30N2O11. The topological polar surface area (TPSA) is 180 Å². The van der Waals surface area contributed by atoms with Crippen LogP contribution in [0.4, 0.5) is 0 Å². The lowest BCUT2D eigenvalue weighted by atomic mass is 10.1. The lowest BCUT2D eigenvalue weighted by molar-refractivity contribution is -0.145. The molecule has 36 heavy (non-hydrogen) atoms. The predicted molar refractivity (Wildman–Crippen MR) is 122 cm³/mol. The Kier molecular flexibility index (Phi) is 11.1. The molecule has 0 saturated heterocycles. The standard InChI is InChI=1S/C12H17NO6.C11H13NO5/c1-3-19-11(15)6-10(14)13-9-4-5-18-7-8(9)12(16)17-2;1-2-17-11(15)8-9(13)6-5-16-4-3-7(6)12-10(8)14/h3-7H2,1-2H3,(H,13,14);2-5H2,1H3,(H2,12,13,14). The largest absolute Gasteiger partial charge is 0.506 e. The summed E-state index contributed by atoms with van der Waals surface area (Å²) >= 11 is 0. The first-order valence-electron chi connectivity index (χ1n) is 11.3. The average molecular weight is 510 g/mol. The number of rotatable bonds is 7. The summed E-state index contributed by atoms with van der Waals surface area (Å²) < 4.78 is 24.3. The number of nitrogens with one attached hydrogen (secondary N) is 2. The van der Waals surface area contributed by atoms with E-state index in [4.69, 9.17) is 14.2 Å². The third-order valence-corrected chi connectivity index (χ3v) is 5.04. The van der Waals surface area contributed by atoms with Crippen LogP contribution in [0.5, 0.6) is 5.75 Å². The van der Waals surface area contributed by atoms with Gasteiger partial charge in [0.2, 0.25) is 5.91 Å². The van der Waals surface area contributed by atoms with Crippen LogP contribution >= 0.6 is 0 Å². The second-order valence-corrected chi connectivity index (χ2v) is 7.44. The summed E-state index contributed by atoms with van der Waals surface area (Å²) in [5.74, 6) is -2.82. The maximum atomic E-state index is 11.7. The van der Waals surface area contributed by atoms with Gasteiger partial charge in [-0.1, -0.05) is 0 Å². The molecule has 0 aromatic carbocycles. The number of H-pyrrole nitrogens is 1. The van der Waals surface area contributed by atoms with E-state index >= 15 is 0 Å². The van der Waals surface area contributed by atoms with Gasteiger partial charge >= 0.3 is 17.9 Å². The maximum absolute atomic E-state index is 11.7. The van der Waals surface area contributed by atoms with Crippen LogP contribution in [0.15, 0.2) is 16.1 Å². The van der Waals surface area contributed by atoms with Gasteiger partial charge in [-0.15, -0.1) is 0 Å². The number of hydrogen-bond acceptors (Lipinski definition) is 11. The molecule has 0 atom stereocenters. The summed E-state index contributed by atoms with van der Waals surface area (Å²) in [6, 6.07) is 0. The molecule has 3 heterocycles. The van der Waals surface area contributed by atoms with Crippen LogP contribution in [-0.2, 0) is 51.1 Å². The van der Waals surface area contributed by atoms with Gasteiger partial charge in [0.05, 0.1) is 52.3 Å². The van der Waals surface area contributed by atoms with E-state index in [1.54, 1.807) is 13.8 Å². The molecule has 1 amide bonds. The number of fused-ring (bicyclic) bond motifs is 1. The van der Waals surface area contributed by atoms with Crippen LogP contribution in [0.25, 0.3) is 0 Å². The molecule has 1 aromatic heterocycles. The molecule has 13 nitrogen and oxygen atoms in total. The first-order valence-corrected chi connectivity index (χ1v) is 11.3. The number of hydrogen-bond donors (Lipinski definition) is 3. The normalized spacial score (nSPS) is 14.5. The number of pyridine rings is 1. The van der Waals surface area contributed by atoms with Gasteiger partial charge in [-0.05, 0) is 13.8 Å². The molecule has 0 radical (unpaired) electrons. The van der Waals surface area contributed by atoms with E-state index in [-0.39, 0.29) is 49.7 Å². The van der Waals surface area contributed by atoms with Crippen molar-refractivity contribution in [2.24, 2.45) is 0 Å². The first-order chi connectivity index (χ1) is 17.2. The Hall–Kier alpha value is -3.71. The van der Waals surface area contributed by atoms with Gasteiger partial charge < -0.3 is 39.1 Å². The third kappa shape index (κ3) is 7.65. The lowest BCUT2D eigenvalue weighted by Gasteiger charge is -2.19. The monoisotopic (exact) mass is 510 g/mol. The van der Waals surface area contributed by atoms with Crippen molar-refractivity contribution >= 4 is 23.8 Å². The zero-order valence-electron chi connectivity index (χ0n) is 20.4. The zero-order chi connectivity index (χ0) is 26.7. The molecule has 3 rings (SSSR count). The predicted octanol–water partition coefficient (Wildman–Crippen LogP) is 0.233. The summed E-state index contributed by atoms with van der Waals surface area (Å²) in [5.41, 5.74) is 0.807. The Balaban J connectivity index is 0.000000255. The first kappa shape index (κ1) is 28.5. The Morgan fingerprint density at radius 1 is 1.00 bits per heavy atom. The maximum Gasteiger partial charge on any atom is 0.347 e. The smallest absolute Gasteiger partial charge is 0.347 e. The van der Waals surface area contributed by atoms with E-state index in [9.17, 15) is 29.1 Å². The summed E-state index contributed by atoms with van der Waals surface area (Å²) in [7, 11) is 1.25. The van der Waals surface area contributed by atoms with Gasteiger partial charge in [-0.25, -0.2) is 9.59 Å². The summed E-state index contributed by atoms with van der Waals surface area (Å²) in [4.78, 5) is 60.0. The quantitative estimate of drug-likeness (QED) is 0.260. The molecule has 1 aromatic rings. The van der Waals surface area contributed by atoms with Crippen LogP contribution < -0.4 is 10.9 Å². The highest BCUT2D eigenvalue weighted by atomic mass is 16.5. The third-order valence-electron chi connectivity index (χ3n) is 5.04. The molecule has 0 aliphatic carbocycles. The Morgan fingerprint density at radius 2 is 1.67 bits per heavy atom.